The van der Waals surface area contributed by atoms with E-state index in [1.807, 2.05) is 0 Å². The van der Waals surface area contributed by atoms with Crippen LogP contribution in [0.2, 0.25) is 0 Å². The predicted octanol–water partition coefficient (Wildman–Crippen LogP) is 14.6. The zero-order chi connectivity index (χ0) is 38.1. The van der Waals surface area contributed by atoms with E-state index < -0.39 is 0 Å². The number of unbranched alkanes of at least 4 members (excludes halogenated alkanes) is 18. The van der Waals surface area contributed by atoms with E-state index in [-0.39, 0.29) is 18.0 Å². The highest BCUT2D eigenvalue weighted by atomic mass is 16.8. The number of Topliss-reactive ketones (excluding diaryl/α,β-unsaturated/α-hetero) is 1. The number of hydrogen-bond donors (Lipinski definition) is 0. The number of hydrogen-bond acceptors (Lipinski definition) is 4. The number of ether oxygens (including phenoxy) is 2. The molecule has 1 aliphatic carbocycles. The van der Waals surface area contributed by atoms with E-state index in [4.69, 9.17) is 9.47 Å². The lowest BCUT2D eigenvalue weighted by Gasteiger charge is -2.30. The third kappa shape index (κ3) is 25.3. The Morgan fingerprint density at radius 3 is 1.36 bits per heavy atom. The van der Waals surface area contributed by atoms with Gasteiger partial charge in [0.25, 0.3) is 0 Å². The van der Waals surface area contributed by atoms with Gasteiger partial charge in [-0.25, -0.2) is 0 Å². The second-order valence-corrected chi connectivity index (χ2v) is 16.9. The Labute approximate surface area is 330 Å². The van der Waals surface area contributed by atoms with Crippen molar-refractivity contribution in [1.29, 1.82) is 0 Å². The summed E-state index contributed by atoms with van der Waals surface area (Å²) in [4.78, 5) is 14.8. The van der Waals surface area contributed by atoms with Crippen LogP contribution in [-0.4, -0.2) is 49.3 Å². The van der Waals surface area contributed by atoms with Crippen molar-refractivity contribution in [1.82, 2.24) is 4.90 Å². The van der Waals surface area contributed by atoms with Crippen LogP contribution in [0.4, 0.5) is 0 Å². The molecular formula is C49H87NO3. The first-order valence-electron chi connectivity index (χ1n) is 23.1. The number of allylic oxidation sites excluding steroid dienone is 8. The molecule has 1 saturated carbocycles. The predicted molar refractivity (Wildman–Crippen MR) is 231 cm³/mol. The van der Waals surface area contributed by atoms with Gasteiger partial charge in [0.05, 0.1) is 12.2 Å². The molecule has 53 heavy (non-hydrogen) atoms. The van der Waals surface area contributed by atoms with Gasteiger partial charge in [0.2, 0.25) is 0 Å². The van der Waals surface area contributed by atoms with Gasteiger partial charge >= 0.3 is 0 Å². The van der Waals surface area contributed by atoms with E-state index in [2.05, 4.69) is 81.5 Å². The fraction of sp³-hybridized carbons (Fsp3) is 0.816. The van der Waals surface area contributed by atoms with Crippen LogP contribution in [0, 0.1) is 5.92 Å². The Bertz CT molecular complexity index is 916. The summed E-state index contributed by atoms with van der Waals surface area (Å²) in [7, 11) is 4.16. The third-order valence-electron chi connectivity index (χ3n) is 11.4. The Kier molecular flexibility index (Phi) is 29.4. The van der Waals surface area contributed by atoms with E-state index in [0.29, 0.717) is 24.5 Å². The summed E-state index contributed by atoms with van der Waals surface area (Å²) in [5, 5.41) is 0. The highest BCUT2D eigenvalue weighted by molar-refractivity contribution is 5.78. The Morgan fingerprint density at radius 1 is 0.547 bits per heavy atom. The largest absolute Gasteiger partial charge is 0.344 e. The van der Waals surface area contributed by atoms with Gasteiger partial charge in [0, 0.05) is 25.7 Å². The summed E-state index contributed by atoms with van der Waals surface area (Å²) in [5.41, 5.74) is 0. The van der Waals surface area contributed by atoms with Gasteiger partial charge in [-0.05, 0) is 123 Å². The number of carbonyl (C=O) groups excluding carboxylic acids is 1. The number of nitrogens with zero attached hydrogens (tertiary/aromatic N) is 1. The minimum Gasteiger partial charge on any atom is -0.344 e. The highest BCUT2D eigenvalue weighted by Gasteiger charge is 2.51. The fourth-order valence-electron chi connectivity index (χ4n) is 8.19. The minimum atomic E-state index is -0.388. The maximum Gasteiger partial charge on any atom is 0.169 e. The molecule has 0 aromatic carbocycles. The lowest BCUT2D eigenvalue weighted by molar-refractivity contribution is -0.193. The van der Waals surface area contributed by atoms with Gasteiger partial charge < -0.3 is 14.4 Å². The van der Waals surface area contributed by atoms with Crippen LogP contribution in [0.1, 0.15) is 213 Å². The molecular weight excluding hydrogens is 651 g/mol. The Hall–Kier alpha value is -1.49. The summed E-state index contributed by atoms with van der Waals surface area (Å²) in [6, 6.07) is 0. The summed E-state index contributed by atoms with van der Waals surface area (Å²) >= 11 is 0. The molecule has 2 rings (SSSR count). The van der Waals surface area contributed by atoms with Gasteiger partial charge in [0.1, 0.15) is 5.78 Å². The van der Waals surface area contributed by atoms with Crippen molar-refractivity contribution in [3.05, 3.63) is 48.6 Å². The average Bonchev–Trinajstić information content (AvgIpc) is 3.66. The van der Waals surface area contributed by atoms with Crippen molar-refractivity contribution in [3.8, 4) is 0 Å². The SMILES string of the molecule is CCCCC/C=C\C/C=C\CCCCCCCCC1(CCCCCCCC/C=C\C/C=C\CCCCC)O[C@H]2C[C@H](CC(=O)CCCN(C)C)C[C@H]2O1. The second kappa shape index (κ2) is 32.7. The normalized spacial score (nSPS) is 20.1. The van der Waals surface area contributed by atoms with Crippen molar-refractivity contribution in [2.24, 2.45) is 5.92 Å². The maximum atomic E-state index is 12.7. The Balaban J connectivity index is 1.65. The molecule has 0 amide bonds. The van der Waals surface area contributed by atoms with Crippen LogP contribution < -0.4 is 0 Å². The molecule has 4 heteroatoms. The third-order valence-corrected chi connectivity index (χ3v) is 11.4. The molecule has 0 spiro atoms. The van der Waals surface area contributed by atoms with E-state index in [0.717, 1.165) is 51.5 Å². The molecule has 306 valence electrons. The molecule has 0 bridgehead atoms. The molecule has 4 nitrogen and oxygen atoms in total. The minimum absolute atomic E-state index is 0.184. The molecule has 3 atom stereocenters. The van der Waals surface area contributed by atoms with E-state index >= 15 is 0 Å². The van der Waals surface area contributed by atoms with Crippen molar-refractivity contribution < 1.29 is 14.3 Å². The van der Waals surface area contributed by atoms with Gasteiger partial charge in [0.15, 0.2) is 5.79 Å². The molecule has 1 aliphatic heterocycles. The van der Waals surface area contributed by atoms with Gasteiger partial charge in [-0.2, -0.15) is 0 Å². The number of rotatable bonds is 36. The number of carbonyl (C=O) groups is 1. The van der Waals surface area contributed by atoms with Gasteiger partial charge in [-0.3, -0.25) is 4.79 Å². The molecule has 0 radical (unpaired) electrons. The van der Waals surface area contributed by atoms with Crippen LogP contribution in [0.25, 0.3) is 0 Å². The van der Waals surface area contributed by atoms with Crippen molar-refractivity contribution >= 4 is 5.78 Å². The average molecular weight is 738 g/mol. The molecule has 0 unspecified atom stereocenters. The molecule has 2 fully saturated rings. The topological polar surface area (TPSA) is 38.8 Å². The summed E-state index contributed by atoms with van der Waals surface area (Å²) < 4.78 is 13.8. The maximum absolute atomic E-state index is 12.7. The summed E-state index contributed by atoms with van der Waals surface area (Å²) in [6.45, 7) is 5.52. The first kappa shape index (κ1) is 47.7. The van der Waals surface area contributed by atoms with Crippen LogP contribution in [0.15, 0.2) is 48.6 Å². The standard InChI is InChI=1S/C49H87NO3/c1-5-7-9-11-13-15-17-19-21-23-25-27-29-31-33-35-39-49(40-36-34-32-30-28-26-24-22-20-18-16-14-12-10-8-6-2)52-47-43-45(44-48(47)53-49)42-46(51)38-37-41-50(3)4/h13-16,19-22,45,47-48H,5-12,17-18,23-44H2,1-4H3/b15-13-,16-14-,21-19-,22-20-/t45-,47-,48+. The van der Waals surface area contributed by atoms with Crippen molar-refractivity contribution in [2.75, 3.05) is 20.6 Å². The van der Waals surface area contributed by atoms with E-state index in [1.54, 1.807) is 0 Å². The quantitative estimate of drug-likeness (QED) is 0.0474. The van der Waals surface area contributed by atoms with Crippen LogP contribution in [-0.2, 0) is 14.3 Å². The molecule has 0 N–H and O–H groups in total. The molecule has 0 aromatic rings. The molecule has 1 heterocycles. The van der Waals surface area contributed by atoms with Crippen molar-refractivity contribution in [2.45, 2.75) is 231 Å². The summed E-state index contributed by atoms with van der Waals surface area (Å²) in [5.74, 6) is 0.463. The lowest BCUT2D eigenvalue weighted by Crippen LogP contribution is -2.32. The van der Waals surface area contributed by atoms with Crippen LogP contribution in [0.5, 0.6) is 0 Å². The van der Waals surface area contributed by atoms with Crippen molar-refractivity contribution in [3.63, 3.8) is 0 Å². The second-order valence-electron chi connectivity index (χ2n) is 16.9. The zero-order valence-corrected chi connectivity index (χ0v) is 35.7. The molecule has 0 aromatic heterocycles. The zero-order valence-electron chi connectivity index (χ0n) is 35.7. The Morgan fingerprint density at radius 2 is 0.943 bits per heavy atom. The van der Waals surface area contributed by atoms with E-state index in [9.17, 15) is 4.79 Å². The van der Waals surface area contributed by atoms with Gasteiger partial charge in [-0.15, -0.1) is 0 Å². The van der Waals surface area contributed by atoms with Crippen LogP contribution in [0.3, 0.4) is 0 Å². The van der Waals surface area contributed by atoms with Gasteiger partial charge in [-0.1, -0.05) is 140 Å². The molecule has 1 saturated heterocycles. The first-order valence-corrected chi connectivity index (χ1v) is 23.1. The number of ketones is 1. The smallest absolute Gasteiger partial charge is 0.169 e. The highest BCUT2D eigenvalue weighted by Crippen LogP contribution is 2.46. The first-order chi connectivity index (χ1) is 26.0. The number of fused-ring (bicyclic) bond motifs is 1. The molecule has 2 aliphatic rings. The monoisotopic (exact) mass is 738 g/mol. The summed E-state index contributed by atoms with van der Waals surface area (Å²) in [6.07, 6.45) is 56.2. The van der Waals surface area contributed by atoms with Crippen LogP contribution >= 0.6 is 0 Å². The lowest BCUT2D eigenvalue weighted by atomic mass is 9.97. The fourth-order valence-corrected chi connectivity index (χ4v) is 8.19. The van der Waals surface area contributed by atoms with E-state index in [1.165, 1.54) is 141 Å².